The number of benzene rings is 8. The number of ether oxygens (including phenoxy) is 1. The van der Waals surface area contributed by atoms with Crippen molar-refractivity contribution < 1.29 is 39.5 Å². The third kappa shape index (κ3) is 6.54. The second kappa shape index (κ2) is 15.9. The molecule has 290 valence electrons. The molecule has 0 radical (unpaired) electrons. The number of pyridine rings is 1. The predicted octanol–water partition coefficient (Wildman–Crippen LogP) is 14.3. The van der Waals surface area contributed by atoms with Crippen LogP contribution in [-0.2, 0) is 21.1 Å². The van der Waals surface area contributed by atoms with Crippen LogP contribution in [0, 0.1) is 18.8 Å². The zero-order chi connectivity index (χ0) is 47.8. The van der Waals surface area contributed by atoms with Gasteiger partial charge >= 0.3 is 0 Å². The Morgan fingerprint density at radius 3 is 1.73 bits per heavy atom. The van der Waals surface area contributed by atoms with Crippen LogP contribution in [0.3, 0.4) is 0 Å². The summed E-state index contributed by atoms with van der Waals surface area (Å²) in [6.45, 7) is 1.74. The molecule has 6 heteroatoms. The first kappa shape index (κ1) is 27.5. The molecule has 0 fully saturated rings. The monoisotopic (exact) mass is 960 g/mol. The molecule has 0 aliphatic carbocycles. The molecule has 1 aromatic heterocycles. The molecule has 8 aromatic carbocycles. The van der Waals surface area contributed by atoms with E-state index in [0.717, 1.165) is 33.6 Å². The molecule has 0 amide bonds. The first-order valence-electron chi connectivity index (χ1n) is 23.9. The van der Waals surface area contributed by atoms with Gasteiger partial charge in [-0.1, -0.05) is 151 Å². The Balaban J connectivity index is 0.00000567. The number of hydrogen-bond acceptors (Lipinski definition) is 5. The Labute approximate surface area is 378 Å². The standard InChI is InChI=1S/C54H35N4O.Pt/c1-3-17-38(18-4-1)43-26-16-27-44(39-19-5-2-6-20-39)54(43)57-37-56(50-29-11-12-30-51(50)57)40-21-15-22-41(35-40)59-42-32-33-48-46-24-8-7-23-45(46)47-25-9-10-28-49(47)58(52(48)36-42)53-31-13-14-34-55-53;/h1-34,37H;/q-3;/i1D,2D,3D,4D,5D,6D,17D,18D,19D,20D;. The summed E-state index contributed by atoms with van der Waals surface area (Å²) in [5.74, 6) is 1.49. The van der Waals surface area contributed by atoms with E-state index in [0.29, 0.717) is 34.4 Å². The average Bonchev–Trinajstić information content (AvgIpc) is 3.71. The number of aromatic nitrogens is 1. The number of para-hydroxylation sites is 4. The predicted molar refractivity (Wildman–Crippen MR) is 240 cm³/mol. The quantitative estimate of drug-likeness (QED) is 0.149. The van der Waals surface area contributed by atoms with E-state index >= 15 is 0 Å². The maximum absolute atomic E-state index is 9.02. The minimum Gasteiger partial charge on any atom is -0.509 e. The van der Waals surface area contributed by atoms with Gasteiger partial charge in [-0.3, -0.25) is 0 Å². The van der Waals surface area contributed by atoms with Gasteiger partial charge in [0.2, 0.25) is 0 Å². The van der Waals surface area contributed by atoms with E-state index in [1.54, 1.807) is 42.0 Å². The van der Waals surface area contributed by atoms with Crippen LogP contribution in [0.4, 0.5) is 39.9 Å². The Bertz CT molecular complexity index is 3430. The van der Waals surface area contributed by atoms with Crippen LogP contribution < -0.4 is 19.4 Å². The molecule has 0 N–H and O–H groups in total. The summed E-state index contributed by atoms with van der Waals surface area (Å²) in [6, 6.07) is 45.6. The van der Waals surface area contributed by atoms with E-state index in [-0.39, 0.29) is 49.0 Å². The molecule has 0 atom stereocenters. The number of anilines is 7. The third-order valence-corrected chi connectivity index (χ3v) is 10.3. The normalized spacial score (nSPS) is 14.7. The fraction of sp³-hybridized carbons (Fsp3) is 0. The molecule has 9 aromatic rings. The topological polar surface area (TPSA) is 31.8 Å². The summed E-state index contributed by atoms with van der Waals surface area (Å²) in [6.07, 6.45) is 1.76. The van der Waals surface area contributed by atoms with Crippen molar-refractivity contribution in [3.63, 3.8) is 0 Å². The Morgan fingerprint density at radius 1 is 0.483 bits per heavy atom. The van der Waals surface area contributed by atoms with Crippen LogP contribution in [-0.4, -0.2) is 4.98 Å². The van der Waals surface area contributed by atoms with Crippen molar-refractivity contribution in [1.82, 2.24) is 4.98 Å². The molecule has 0 unspecified atom stereocenters. The van der Waals surface area contributed by atoms with E-state index in [2.05, 4.69) is 41.3 Å². The minimum absolute atomic E-state index is 0. The van der Waals surface area contributed by atoms with Gasteiger partial charge in [-0.05, 0) is 47.0 Å². The van der Waals surface area contributed by atoms with Gasteiger partial charge in [0.15, 0.2) is 0 Å². The molecule has 60 heavy (non-hydrogen) atoms. The van der Waals surface area contributed by atoms with E-state index in [1.165, 1.54) is 0 Å². The van der Waals surface area contributed by atoms with Gasteiger partial charge in [-0.15, -0.1) is 48.3 Å². The Morgan fingerprint density at radius 2 is 1.05 bits per heavy atom. The summed E-state index contributed by atoms with van der Waals surface area (Å²) < 4.78 is 93.6. The van der Waals surface area contributed by atoms with Crippen molar-refractivity contribution in [3.05, 3.63) is 225 Å². The molecule has 0 saturated carbocycles. The smallest absolute Gasteiger partial charge is 0.135 e. The molecule has 0 spiro atoms. The zero-order valence-corrected chi connectivity index (χ0v) is 33.7. The van der Waals surface area contributed by atoms with Crippen molar-refractivity contribution in [3.8, 4) is 56.0 Å². The second-order valence-electron chi connectivity index (χ2n) is 13.7. The van der Waals surface area contributed by atoms with Gasteiger partial charge in [0.1, 0.15) is 5.82 Å². The fourth-order valence-corrected chi connectivity index (χ4v) is 7.82. The van der Waals surface area contributed by atoms with Gasteiger partial charge in [0.25, 0.3) is 0 Å². The number of nitrogens with zero attached hydrogens (tertiary/aromatic N) is 4. The number of hydrogen-bond donors (Lipinski definition) is 0. The summed E-state index contributed by atoms with van der Waals surface area (Å²) in [5, 5.41) is 0. The first-order chi connectivity index (χ1) is 33.4. The first-order valence-corrected chi connectivity index (χ1v) is 18.9. The van der Waals surface area contributed by atoms with Crippen molar-refractivity contribution in [1.29, 1.82) is 0 Å². The van der Waals surface area contributed by atoms with Crippen molar-refractivity contribution >= 4 is 39.9 Å². The van der Waals surface area contributed by atoms with Crippen LogP contribution in [0.25, 0.3) is 44.5 Å². The molecule has 0 bridgehead atoms. The SMILES string of the molecule is [2H]c1c([2H])c([2H])c(-c2cccc(-c3c([2H])c([2H])c([2H])c([2H])c3[2H])c2N2[CH-]N(c3[c-]c(Oc4[c-]c5c(cc4)-c4ccccc4-c4ccccc4N5c4ccccn4)ccc3)c3ccccc32)c([2H])c1[2H].[Pt]. The third-order valence-electron chi connectivity index (χ3n) is 10.3. The van der Waals surface area contributed by atoms with Gasteiger partial charge in [-0.2, -0.15) is 12.1 Å². The van der Waals surface area contributed by atoms with Crippen LogP contribution in [0.15, 0.2) is 206 Å². The largest absolute Gasteiger partial charge is 0.509 e. The molecule has 3 heterocycles. The number of rotatable bonds is 7. The van der Waals surface area contributed by atoms with E-state index in [4.69, 9.17) is 23.4 Å². The average molecular weight is 961 g/mol. The van der Waals surface area contributed by atoms with Gasteiger partial charge in [0, 0.05) is 72.5 Å². The van der Waals surface area contributed by atoms with Crippen LogP contribution >= 0.6 is 0 Å². The minimum atomic E-state index is -0.566. The maximum atomic E-state index is 9.02. The summed E-state index contributed by atoms with van der Waals surface area (Å²) in [7, 11) is 0. The van der Waals surface area contributed by atoms with E-state index < -0.39 is 60.4 Å². The van der Waals surface area contributed by atoms with Crippen molar-refractivity contribution in [2.24, 2.45) is 0 Å². The summed E-state index contributed by atoms with van der Waals surface area (Å²) >= 11 is 0. The van der Waals surface area contributed by atoms with Crippen molar-refractivity contribution in [2.75, 3.05) is 14.7 Å². The van der Waals surface area contributed by atoms with E-state index in [1.807, 2.05) is 95.9 Å². The molecule has 0 saturated heterocycles. The van der Waals surface area contributed by atoms with Crippen molar-refractivity contribution in [2.45, 2.75) is 0 Å². The summed E-state index contributed by atoms with van der Waals surface area (Å²) in [5.41, 5.74) is 7.86. The molecule has 11 rings (SSSR count). The fourth-order valence-electron chi connectivity index (χ4n) is 7.82. The zero-order valence-electron chi connectivity index (χ0n) is 41.4. The second-order valence-corrected chi connectivity index (χ2v) is 13.7. The van der Waals surface area contributed by atoms with Crippen LogP contribution in [0.5, 0.6) is 11.5 Å². The molecule has 2 aliphatic rings. The van der Waals surface area contributed by atoms with Gasteiger partial charge in [0.05, 0.1) is 19.4 Å². The van der Waals surface area contributed by atoms with E-state index in [9.17, 15) is 0 Å². The maximum Gasteiger partial charge on any atom is 0.135 e. The van der Waals surface area contributed by atoms with Gasteiger partial charge in [-0.25, -0.2) is 4.98 Å². The van der Waals surface area contributed by atoms with Gasteiger partial charge < -0.3 is 19.4 Å². The van der Waals surface area contributed by atoms with Crippen LogP contribution in [0.1, 0.15) is 13.7 Å². The summed E-state index contributed by atoms with van der Waals surface area (Å²) in [4.78, 5) is 10.4. The molecule has 2 aliphatic heterocycles. The molecular weight excluding hydrogens is 916 g/mol. The molecular formula is C54H35N4OPt-3. The van der Waals surface area contributed by atoms with Crippen LogP contribution in [0.2, 0.25) is 0 Å². The Kier molecular flexibility index (Phi) is 7.26. The Hall–Kier alpha value is -7.20. The molecule has 5 nitrogen and oxygen atoms in total. The number of fused-ring (bicyclic) bond motifs is 6.